The second kappa shape index (κ2) is 5.35. The Morgan fingerprint density at radius 2 is 2.10 bits per heavy atom. The van der Waals surface area contributed by atoms with Crippen molar-refractivity contribution in [3.8, 4) is 0 Å². The average Bonchev–Trinajstić information content (AvgIpc) is 2.76. The van der Waals surface area contributed by atoms with Crippen molar-refractivity contribution in [3.63, 3.8) is 0 Å². The van der Waals surface area contributed by atoms with Gasteiger partial charge < -0.3 is 4.90 Å². The van der Waals surface area contributed by atoms with Gasteiger partial charge in [-0.15, -0.1) is 0 Å². The first kappa shape index (κ1) is 15.3. The summed E-state index contributed by atoms with van der Waals surface area (Å²) in [4.78, 5) is 14.1. The molecule has 1 aliphatic heterocycles. The number of nitrogens with zero attached hydrogens (tertiary/aromatic N) is 1. The Labute approximate surface area is 123 Å². The van der Waals surface area contributed by atoms with E-state index in [2.05, 4.69) is 0 Å². The standard InChI is InChI=1S/C13H17ClN2O3S/c1-8-4-3-5-16(8)13(17)10-6-11(14)9(2)12(7-10)20(15,18)19/h6-8H,3-5H2,1-2H3,(H2,15,18,19). The van der Waals surface area contributed by atoms with Crippen molar-refractivity contribution in [2.45, 2.75) is 37.6 Å². The van der Waals surface area contributed by atoms with Crippen LogP contribution >= 0.6 is 11.6 Å². The molecule has 20 heavy (non-hydrogen) atoms. The van der Waals surface area contributed by atoms with E-state index in [1.807, 2.05) is 6.92 Å². The highest BCUT2D eigenvalue weighted by Crippen LogP contribution is 2.27. The van der Waals surface area contributed by atoms with Gasteiger partial charge in [0, 0.05) is 23.2 Å². The van der Waals surface area contributed by atoms with E-state index in [0.29, 0.717) is 12.1 Å². The molecule has 7 heteroatoms. The van der Waals surface area contributed by atoms with Crippen LogP contribution in [0.5, 0.6) is 0 Å². The first-order valence-corrected chi connectivity index (χ1v) is 8.28. The minimum atomic E-state index is -3.90. The van der Waals surface area contributed by atoms with Crippen molar-refractivity contribution in [1.29, 1.82) is 0 Å². The van der Waals surface area contributed by atoms with Gasteiger partial charge in [0.25, 0.3) is 5.91 Å². The molecule has 5 nitrogen and oxygen atoms in total. The van der Waals surface area contributed by atoms with Gasteiger partial charge >= 0.3 is 0 Å². The van der Waals surface area contributed by atoms with Crippen molar-refractivity contribution in [2.75, 3.05) is 6.54 Å². The minimum Gasteiger partial charge on any atom is -0.336 e. The highest BCUT2D eigenvalue weighted by Gasteiger charge is 2.27. The predicted molar refractivity (Wildman–Crippen MR) is 77.3 cm³/mol. The molecule has 1 aliphatic rings. The van der Waals surface area contributed by atoms with Crippen molar-refractivity contribution < 1.29 is 13.2 Å². The lowest BCUT2D eigenvalue weighted by molar-refractivity contribution is 0.0747. The Morgan fingerprint density at radius 1 is 1.45 bits per heavy atom. The summed E-state index contributed by atoms with van der Waals surface area (Å²) in [6.45, 7) is 4.21. The molecular weight excluding hydrogens is 300 g/mol. The molecule has 2 N–H and O–H groups in total. The highest BCUT2D eigenvalue weighted by atomic mass is 35.5. The number of rotatable bonds is 2. The molecule has 0 aliphatic carbocycles. The van der Waals surface area contributed by atoms with E-state index >= 15 is 0 Å². The van der Waals surface area contributed by atoms with Crippen LogP contribution in [-0.2, 0) is 10.0 Å². The molecule has 1 saturated heterocycles. The fourth-order valence-electron chi connectivity index (χ4n) is 2.47. The van der Waals surface area contributed by atoms with Crippen LogP contribution in [0.4, 0.5) is 0 Å². The Hall–Kier alpha value is -1.11. The molecule has 1 atom stereocenters. The highest BCUT2D eigenvalue weighted by molar-refractivity contribution is 7.89. The maximum atomic E-state index is 12.4. The van der Waals surface area contributed by atoms with Crippen molar-refractivity contribution >= 4 is 27.5 Å². The summed E-state index contributed by atoms with van der Waals surface area (Å²) < 4.78 is 23.1. The Bertz CT molecular complexity index is 658. The molecule has 110 valence electrons. The molecule has 1 heterocycles. The zero-order valence-corrected chi connectivity index (χ0v) is 13.0. The van der Waals surface area contributed by atoms with Gasteiger partial charge in [-0.1, -0.05) is 11.6 Å². The Morgan fingerprint density at radius 3 is 2.60 bits per heavy atom. The van der Waals surface area contributed by atoms with Gasteiger partial charge in [-0.3, -0.25) is 4.79 Å². The quantitative estimate of drug-likeness (QED) is 0.905. The zero-order chi connectivity index (χ0) is 15.1. The molecule has 0 saturated carbocycles. The van der Waals surface area contributed by atoms with Gasteiger partial charge in [-0.25, -0.2) is 13.6 Å². The lowest BCUT2D eigenvalue weighted by atomic mass is 10.1. The fraction of sp³-hybridized carbons (Fsp3) is 0.462. The number of carbonyl (C=O) groups is 1. The van der Waals surface area contributed by atoms with Crippen molar-refractivity contribution in [2.24, 2.45) is 5.14 Å². The van der Waals surface area contributed by atoms with E-state index in [4.69, 9.17) is 16.7 Å². The van der Waals surface area contributed by atoms with Crippen LogP contribution in [-0.4, -0.2) is 31.8 Å². The topological polar surface area (TPSA) is 80.5 Å². The van der Waals surface area contributed by atoms with Gasteiger partial charge in [0.1, 0.15) is 0 Å². The number of amides is 1. The molecule has 1 aromatic rings. The molecule has 0 spiro atoms. The van der Waals surface area contributed by atoms with Crippen molar-refractivity contribution in [3.05, 3.63) is 28.3 Å². The zero-order valence-electron chi connectivity index (χ0n) is 11.4. The summed E-state index contributed by atoms with van der Waals surface area (Å²) in [6, 6.07) is 2.96. The number of hydrogen-bond donors (Lipinski definition) is 1. The summed E-state index contributed by atoms with van der Waals surface area (Å²) >= 11 is 6.02. The predicted octanol–water partition coefficient (Wildman–Crippen LogP) is 1.92. The number of sulfonamides is 1. The molecule has 0 aromatic heterocycles. The first-order chi connectivity index (χ1) is 9.21. The number of nitrogens with two attached hydrogens (primary N) is 1. The second-order valence-electron chi connectivity index (χ2n) is 5.12. The third-order valence-corrected chi connectivity index (χ3v) is 5.09. The van der Waals surface area contributed by atoms with Crippen LogP contribution in [0.25, 0.3) is 0 Å². The van der Waals surface area contributed by atoms with Gasteiger partial charge in [-0.05, 0) is 44.4 Å². The molecule has 1 amide bonds. The smallest absolute Gasteiger partial charge is 0.254 e. The van der Waals surface area contributed by atoms with Crippen LogP contribution in [0, 0.1) is 6.92 Å². The molecule has 1 aromatic carbocycles. The molecule has 1 fully saturated rings. The summed E-state index contributed by atoms with van der Waals surface area (Å²) in [7, 11) is -3.90. The van der Waals surface area contributed by atoms with E-state index in [0.717, 1.165) is 12.8 Å². The second-order valence-corrected chi connectivity index (χ2v) is 7.05. The summed E-state index contributed by atoms with van der Waals surface area (Å²) in [5.41, 5.74) is 0.624. The first-order valence-electron chi connectivity index (χ1n) is 6.35. The van der Waals surface area contributed by atoms with E-state index < -0.39 is 10.0 Å². The lowest BCUT2D eigenvalue weighted by Crippen LogP contribution is -2.33. The summed E-state index contributed by atoms with van der Waals surface area (Å²) in [5.74, 6) is -0.207. The number of carbonyl (C=O) groups excluding carboxylic acids is 1. The number of likely N-dealkylation sites (tertiary alicyclic amines) is 1. The molecule has 2 rings (SSSR count). The largest absolute Gasteiger partial charge is 0.336 e. The fourth-order valence-corrected chi connectivity index (χ4v) is 3.58. The van der Waals surface area contributed by atoms with E-state index in [-0.39, 0.29) is 27.4 Å². The van der Waals surface area contributed by atoms with Crippen LogP contribution in [0.2, 0.25) is 5.02 Å². The van der Waals surface area contributed by atoms with E-state index in [1.54, 1.807) is 11.8 Å². The van der Waals surface area contributed by atoms with Crippen LogP contribution < -0.4 is 5.14 Å². The lowest BCUT2D eigenvalue weighted by Gasteiger charge is -2.22. The normalized spacial score (nSPS) is 19.4. The third-order valence-electron chi connectivity index (χ3n) is 3.66. The summed E-state index contributed by atoms with van der Waals surface area (Å²) in [5, 5.41) is 5.39. The van der Waals surface area contributed by atoms with Gasteiger partial charge in [0.15, 0.2) is 0 Å². The molecule has 1 unspecified atom stereocenters. The van der Waals surface area contributed by atoms with Crippen LogP contribution in [0.1, 0.15) is 35.7 Å². The number of halogens is 1. The van der Waals surface area contributed by atoms with Crippen molar-refractivity contribution in [1.82, 2.24) is 4.90 Å². The molecule has 0 radical (unpaired) electrons. The van der Waals surface area contributed by atoms with E-state index in [1.165, 1.54) is 12.1 Å². The summed E-state index contributed by atoms with van der Waals surface area (Å²) in [6.07, 6.45) is 1.90. The molecular formula is C13H17ClN2O3S. The van der Waals surface area contributed by atoms with Crippen LogP contribution in [0.3, 0.4) is 0 Å². The number of hydrogen-bond acceptors (Lipinski definition) is 3. The monoisotopic (exact) mass is 316 g/mol. The van der Waals surface area contributed by atoms with Crippen LogP contribution in [0.15, 0.2) is 17.0 Å². The minimum absolute atomic E-state index is 0.0970. The Balaban J connectivity index is 2.48. The average molecular weight is 317 g/mol. The van der Waals surface area contributed by atoms with Gasteiger partial charge in [-0.2, -0.15) is 0 Å². The maximum absolute atomic E-state index is 12.4. The number of benzene rings is 1. The SMILES string of the molecule is Cc1c(Cl)cc(C(=O)N2CCCC2C)cc1S(N)(=O)=O. The van der Waals surface area contributed by atoms with Gasteiger partial charge in [0.2, 0.25) is 10.0 Å². The van der Waals surface area contributed by atoms with Gasteiger partial charge in [0.05, 0.1) is 4.90 Å². The molecule has 0 bridgehead atoms. The Kier molecular flexibility index (Phi) is 4.09. The number of primary sulfonamides is 1. The van der Waals surface area contributed by atoms with E-state index in [9.17, 15) is 13.2 Å². The maximum Gasteiger partial charge on any atom is 0.254 e. The third kappa shape index (κ3) is 2.82.